The maximum atomic E-state index is 12.8. The second kappa shape index (κ2) is 10.4. The average Bonchev–Trinajstić information content (AvgIpc) is 3.05. The molecule has 0 atom stereocenters. The van der Waals surface area contributed by atoms with E-state index in [1.807, 2.05) is 26.8 Å². The molecule has 166 valence electrons. The molecule has 0 radical (unpaired) electrons. The first kappa shape index (κ1) is 24.4. The summed E-state index contributed by atoms with van der Waals surface area (Å²) in [5.41, 5.74) is 0.136. The molecule has 0 saturated carbocycles. The van der Waals surface area contributed by atoms with E-state index in [0.29, 0.717) is 15.9 Å². The molecule has 9 nitrogen and oxygen atoms in total. The van der Waals surface area contributed by atoms with Gasteiger partial charge < -0.3 is 16.0 Å². The van der Waals surface area contributed by atoms with Crippen molar-refractivity contribution < 1.29 is 9.59 Å². The van der Waals surface area contributed by atoms with Crippen molar-refractivity contribution in [2.45, 2.75) is 34.2 Å². The van der Waals surface area contributed by atoms with Gasteiger partial charge in [-0.1, -0.05) is 26.8 Å². The van der Waals surface area contributed by atoms with E-state index < -0.39 is 11.3 Å². The summed E-state index contributed by atoms with van der Waals surface area (Å²) in [4.78, 5) is 37.2. The number of benzene rings is 1. The van der Waals surface area contributed by atoms with Gasteiger partial charge in [0.15, 0.2) is 5.57 Å². The number of rotatable bonds is 6. The van der Waals surface area contributed by atoms with E-state index >= 15 is 0 Å². The maximum Gasteiger partial charge on any atom is 0.270 e. The summed E-state index contributed by atoms with van der Waals surface area (Å²) in [6.45, 7) is 7.21. The van der Waals surface area contributed by atoms with Crippen LogP contribution in [0, 0.1) is 28.1 Å². The second-order valence-corrected chi connectivity index (χ2v) is 8.75. The van der Waals surface area contributed by atoms with E-state index in [1.54, 1.807) is 37.3 Å². The summed E-state index contributed by atoms with van der Waals surface area (Å²) in [6, 6.07) is 10.6. The van der Waals surface area contributed by atoms with Gasteiger partial charge in [0.25, 0.3) is 11.5 Å². The average molecular weight is 453 g/mol. The van der Waals surface area contributed by atoms with Crippen LogP contribution in [0.3, 0.4) is 0 Å². The topological polar surface area (TPSA) is 140 Å². The third-order valence-electron chi connectivity index (χ3n) is 4.28. The number of hydrogen-bond acceptors (Lipinski definition) is 7. The first-order valence-electron chi connectivity index (χ1n) is 9.79. The van der Waals surface area contributed by atoms with Crippen LogP contribution < -0.4 is 30.7 Å². The van der Waals surface area contributed by atoms with Crippen LogP contribution in [0.15, 0.2) is 29.1 Å². The first-order valence-corrected chi connectivity index (χ1v) is 10.6. The van der Waals surface area contributed by atoms with Crippen LogP contribution in [0.5, 0.6) is 0 Å². The molecule has 0 bridgehead atoms. The minimum atomic E-state index is -0.709. The number of carbonyl (C=O) groups excluding carboxylic acids is 2. The molecule has 0 aliphatic carbocycles. The molecule has 2 aromatic rings. The fraction of sp³-hybridized carbons (Fsp3) is 0.318. The van der Waals surface area contributed by atoms with Crippen LogP contribution in [-0.2, 0) is 16.1 Å². The summed E-state index contributed by atoms with van der Waals surface area (Å²) in [6.07, 6.45) is 1.50. The lowest BCUT2D eigenvalue weighted by molar-refractivity contribution is -0.123. The van der Waals surface area contributed by atoms with Crippen molar-refractivity contribution >= 4 is 46.3 Å². The van der Waals surface area contributed by atoms with Crippen molar-refractivity contribution in [2.75, 3.05) is 17.2 Å². The normalized spacial score (nSPS) is 12.4. The lowest BCUT2D eigenvalue weighted by atomic mass is 9.95. The molecule has 32 heavy (non-hydrogen) atoms. The van der Waals surface area contributed by atoms with Crippen molar-refractivity contribution in [3.05, 3.63) is 43.8 Å². The third-order valence-corrected chi connectivity index (χ3v) is 5.41. The number of anilines is 2. The summed E-state index contributed by atoms with van der Waals surface area (Å²) in [7, 11) is 0. The van der Waals surface area contributed by atoms with Gasteiger partial charge in [-0.05, 0) is 25.1 Å². The van der Waals surface area contributed by atoms with E-state index in [9.17, 15) is 19.6 Å². The highest BCUT2D eigenvalue weighted by Gasteiger charge is 2.21. The van der Waals surface area contributed by atoms with Gasteiger partial charge in [0.05, 0.1) is 6.07 Å². The number of thiazole rings is 1. The van der Waals surface area contributed by atoms with Crippen molar-refractivity contribution in [3.63, 3.8) is 0 Å². The number of carbonyl (C=O) groups is 2. The molecule has 1 aromatic carbocycles. The Labute approximate surface area is 189 Å². The highest BCUT2D eigenvalue weighted by Crippen LogP contribution is 2.19. The summed E-state index contributed by atoms with van der Waals surface area (Å²) < 4.78 is 1.85. The van der Waals surface area contributed by atoms with E-state index in [0.717, 1.165) is 11.3 Å². The molecule has 1 aromatic heterocycles. The smallest absolute Gasteiger partial charge is 0.270 e. The van der Waals surface area contributed by atoms with Crippen molar-refractivity contribution in [1.29, 1.82) is 10.5 Å². The fourth-order valence-electron chi connectivity index (χ4n) is 2.55. The van der Waals surface area contributed by atoms with E-state index in [1.165, 1.54) is 10.8 Å². The van der Waals surface area contributed by atoms with Crippen LogP contribution >= 0.6 is 11.3 Å². The minimum absolute atomic E-state index is 0.124. The Kier molecular flexibility index (Phi) is 7.94. The Hall–Kier alpha value is -3.89. The molecule has 0 aliphatic rings. The molecule has 2 rings (SSSR count). The van der Waals surface area contributed by atoms with Gasteiger partial charge in [-0.15, -0.1) is 11.3 Å². The van der Waals surface area contributed by atoms with Crippen LogP contribution in [-0.4, -0.2) is 22.9 Å². The molecule has 0 saturated heterocycles. The van der Waals surface area contributed by atoms with Crippen LogP contribution in [0.2, 0.25) is 0 Å². The first-order chi connectivity index (χ1) is 15.1. The van der Waals surface area contributed by atoms with Gasteiger partial charge in [-0.25, -0.2) is 0 Å². The van der Waals surface area contributed by atoms with Crippen molar-refractivity contribution in [2.24, 2.45) is 5.41 Å². The van der Waals surface area contributed by atoms with Crippen LogP contribution in [0.1, 0.15) is 27.7 Å². The highest BCUT2D eigenvalue weighted by molar-refractivity contribution is 7.07. The van der Waals surface area contributed by atoms with Gasteiger partial charge in [0, 0.05) is 29.5 Å². The minimum Gasteiger partial charge on any atom is -0.360 e. The molecule has 0 aliphatic heterocycles. The lowest BCUT2D eigenvalue weighted by Crippen LogP contribution is -2.34. The SMILES string of the molecule is CCn1c(=C(C#N)C(=O)NCC#N)sc(=CNc2cccc(NC(=O)C(C)(C)C)c2)c1=O. The Morgan fingerprint density at radius 3 is 2.50 bits per heavy atom. The van der Waals surface area contributed by atoms with Gasteiger partial charge in [-0.2, -0.15) is 10.5 Å². The Balaban J connectivity index is 2.42. The fourth-order valence-corrected chi connectivity index (χ4v) is 3.64. The number of nitrogens with zero attached hydrogens (tertiary/aromatic N) is 3. The van der Waals surface area contributed by atoms with Crippen molar-refractivity contribution in [1.82, 2.24) is 9.88 Å². The standard InChI is InChI=1S/C22H24N6O3S/c1-5-28-19(30)17(32-20(28)16(12-24)18(29)25-10-9-23)13-26-14-7-6-8-15(11-14)27-21(31)22(2,3)4/h6-8,11,13,26H,5,10H2,1-4H3,(H,25,29)(H,27,31). The molecule has 3 N–H and O–H groups in total. The number of hydrogen-bond donors (Lipinski definition) is 3. The second-order valence-electron chi connectivity index (χ2n) is 7.72. The Morgan fingerprint density at radius 2 is 1.91 bits per heavy atom. The Bertz CT molecular complexity index is 1290. The predicted molar refractivity (Wildman–Crippen MR) is 124 cm³/mol. The van der Waals surface area contributed by atoms with Gasteiger partial charge in [0.2, 0.25) is 5.91 Å². The molecular weight excluding hydrogens is 428 g/mol. The zero-order chi connectivity index (χ0) is 23.9. The molecule has 0 unspecified atom stereocenters. The van der Waals surface area contributed by atoms with E-state index in [-0.39, 0.29) is 34.8 Å². The predicted octanol–water partition coefficient (Wildman–Crippen LogP) is 1.08. The monoisotopic (exact) mass is 452 g/mol. The van der Waals surface area contributed by atoms with E-state index in [4.69, 9.17) is 5.26 Å². The van der Waals surface area contributed by atoms with Crippen molar-refractivity contribution in [3.8, 4) is 12.1 Å². The summed E-state index contributed by atoms with van der Waals surface area (Å²) in [5, 5.41) is 26.3. The molecule has 0 fully saturated rings. The zero-order valence-corrected chi connectivity index (χ0v) is 19.1. The van der Waals surface area contributed by atoms with Gasteiger partial charge in [-0.3, -0.25) is 19.0 Å². The third kappa shape index (κ3) is 5.84. The quantitative estimate of drug-likeness (QED) is 0.560. The molecule has 1 heterocycles. The molecule has 10 heteroatoms. The molecule has 2 amide bonds. The zero-order valence-electron chi connectivity index (χ0n) is 18.3. The number of nitriles is 2. The summed E-state index contributed by atoms with van der Waals surface area (Å²) in [5.74, 6) is -0.832. The Morgan fingerprint density at radius 1 is 1.22 bits per heavy atom. The maximum absolute atomic E-state index is 12.8. The number of nitrogens with one attached hydrogen (secondary N) is 3. The van der Waals surface area contributed by atoms with E-state index in [2.05, 4.69) is 16.0 Å². The largest absolute Gasteiger partial charge is 0.360 e. The summed E-state index contributed by atoms with van der Waals surface area (Å²) >= 11 is 1.00. The van der Waals surface area contributed by atoms with Crippen LogP contribution in [0.4, 0.5) is 11.4 Å². The number of aromatic nitrogens is 1. The van der Waals surface area contributed by atoms with Gasteiger partial charge in [0.1, 0.15) is 21.8 Å². The van der Waals surface area contributed by atoms with Crippen LogP contribution in [0.25, 0.3) is 11.8 Å². The van der Waals surface area contributed by atoms with Gasteiger partial charge >= 0.3 is 0 Å². The molecule has 0 spiro atoms. The lowest BCUT2D eigenvalue weighted by Gasteiger charge is -2.18. The highest BCUT2D eigenvalue weighted by atomic mass is 32.1. The molecular formula is C22H24N6O3S. The number of amides is 2.